The number of rotatable bonds is 14. The van der Waals surface area contributed by atoms with E-state index in [9.17, 15) is 32.4 Å². The second-order valence-corrected chi connectivity index (χ2v) is 18.7. The molecule has 13 heteroatoms. The van der Waals surface area contributed by atoms with Crippen molar-refractivity contribution in [2.24, 2.45) is 11.3 Å². The first-order chi connectivity index (χ1) is 23.0. The van der Waals surface area contributed by atoms with Gasteiger partial charge in [0, 0.05) is 13.1 Å². The Labute approximate surface area is 292 Å². The Bertz CT molecular complexity index is 1400. The number of carbonyl (C=O) groups excluding carboxylic acids is 5. The van der Waals surface area contributed by atoms with Crippen molar-refractivity contribution in [3.8, 4) is 0 Å². The van der Waals surface area contributed by atoms with Crippen LogP contribution in [0.3, 0.4) is 0 Å². The average Bonchev–Trinajstić information content (AvgIpc) is 3.72. The summed E-state index contributed by atoms with van der Waals surface area (Å²) in [7, 11) is -3.56. The minimum absolute atomic E-state index is 0.122. The number of ketones is 1. The normalized spacial score (nSPS) is 23.1. The highest BCUT2D eigenvalue weighted by Crippen LogP contribution is 2.40. The highest BCUT2D eigenvalue weighted by molar-refractivity contribution is 7.92. The first kappa shape index (κ1) is 38.6. The molecule has 5 amide bonds. The van der Waals surface area contributed by atoms with Gasteiger partial charge < -0.3 is 26.2 Å². The summed E-state index contributed by atoms with van der Waals surface area (Å²) in [6, 6.07) is -3.62. The van der Waals surface area contributed by atoms with E-state index in [1.54, 1.807) is 32.9 Å². The summed E-state index contributed by atoms with van der Waals surface area (Å²) in [5.41, 5.74) is -1.55. The van der Waals surface area contributed by atoms with E-state index < -0.39 is 73.2 Å². The molecule has 4 aliphatic rings. The molecule has 3 fully saturated rings. The molecule has 3 atom stereocenters. The van der Waals surface area contributed by atoms with E-state index in [0.717, 1.165) is 51.4 Å². The molecule has 3 saturated carbocycles. The summed E-state index contributed by atoms with van der Waals surface area (Å²) in [6.07, 6.45) is 14.7. The highest BCUT2D eigenvalue weighted by atomic mass is 32.2. The fraction of sp³-hybridized carbons (Fsp3) is 0.750. The zero-order valence-corrected chi connectivity index (χ0v) is 30.6. The molecule has 0 aromatic rings. The van der Waals surface area contributed by atoms with E-state index in [0.29, 0.717) is 32.1 Å². The van der Waals surface area contributed by atoms with Crippen molar-refractivity contribution >= 4 is 39.4 Å². The van der Waals surface area contributed by atoms with Crippen molar-refractivity contribution in [1.29, 1.82) is 0 Å². The van der Waals surface area contributed by atoms with Gasteiger partial charge >= 0.3 is 6.03 Å². The Kier molecular flexibility index (Phi) is 12.4. The molecule has 0 radical (unpaired) electrons. The van der Waals surface area contributed by atoms with Crippen LogP contribution in [0.15, 0.2) is 24.8 Å². The Balaban J connectivity index is 1.54. The van der Waals surface area contributed by atoms with Gasteiger partial charge in [-0.3, -0.25) is 19.2 Å². The van der Waals surface area contributed by atoms with Crippen molar-refractivity contribution in [3.63, 3.8) is 0 Å². The maximum atomic E-state index is 14.5. The van der Waals surface area contributed by atoms with Gasteiger partial charge in [-0.15, -0.1) is 6.58 Å². The van der Waals surface area contributed by atoms with Crippen LogP contribution in [0.2, 0.25) is 0 Å². The molecule has 12 nitrogen and oxygen atoms in total. The number of Topliss-reactive ketones (excluding diaryl/α,β-unsaturated/α-hetero) is 1. The summed E-state index contributed by atoms with van der Waals surface area (Å²) >= 11 is 0. The van der Waals surface area contributed by atoms with Gasteiger partial charge in [-0.1, -0.05) is 76.5 Å². The summed E-state index contributed by atoms with van der Waals surface area (Å²) in [5, 5.41) is 11.3. The second-order valence-electron chi connectivity index (χ2n) is 15.9. The van der Waals surface area contributed by atoms with Gasteiger partial charge in [-0.2, -0.15) is 0 Å². The Morgan fingerprint density at radius 3 is 2.14 bits per heavy atom. The van der Waals surface area contributed by atoms with Crippen LogP contribution in [0.5, 0.6) is 0 Å². The van der Waals surface area contributed by atoms with Crippen LogP contribution in [0.4, 0.5) is 4.79 Å². The van der Waals surface area contributed by atoms with Gasteiger partial charge in [0.05, 0.1) is 22.1 Å². The monoisotopic (exact) mass is 703 g/mol. The zero-order chi connectivity index (χ0) is 36.0. The molecule has 0 aromatic carbocycles. The number of nitrogens with zero attached hydrogens (tertiary/aromatic N) is 1. The minimum atomic E-state index is -3.56. The Morgan fingerprint density at radius 1 is 0.959 bits per heavy atom. The smallest absolute Gasteiger partial charge is 0.315 e. The van der Waals surface area contributed by atoms with Crippen LogP contribution in [0.25, 0.3) is 0 Å². The lowest BCUT2D eigenvalue weighted by molar-refractivity contribution is -0.143. The molecule has 0 unspecified atom stereocenters. The van der Waals surface area contributed by atoms with Crippen LogP contribution in [0.1, 0.15) is 111 Å². The molecule has 49 heavy (non-hydrogen) atoms. The molecule has 0 aromatic heterocycles. The van der Waals surface area contributed by atoms with E-state index in [4.69, 9.17) is 0 Å². The van der Waals surface area contributed by atoms with E-state index in [1.807, 2.05) is 6.92 Å². The Hall–Kier alpha value is -3.22. The van der Waals surface area contributed by atoms with Crippen molar-refractivity contribution in [1.82, 2.24) is 26.2 Å². The maximum Gasteiger partial charge on any atom is 0.315 e. The largest absolute Gasteiger partial charge is 0.346 e. The first-order valence-electron chi connectivity index (χ1n) is 18.0. The predicted molar refractivity (Wildman–Crippen MR) is 188 cm³/mol. The van der Waals surface area contributed by atoms with Crippen LogP contribution in [0, 0.1) is 11.3 Å². The number of hydrogen-bond donors (Lipinski definition) is 4. The van der Waals surface area contributed by atoms with Gasteiger partial charge in [0.25, 0.3) is 5.91 Å². The fourth-order valence-corrected chi connectivity index (χ4v) is 8.95. The number of carbonyl (C=O) groups is 5. The third-order valence-corrected chi connectivity index (χ3v) is 13.6. The number of sulfone groups is 1. The zero-order valence-electron chi connectivity index (χ0n) is 29.8. The second kappa shape index (κ2) is 15.8. The van der Waals surface area contributed by atoms with Crippen molar-refractivity contribution < 1.29 is 32.4 Å². The molecular weight excluding hydrogens is 646 g/mol. The number of nitrogens with one attached hydrogen (secondary N) is 4. The quantitative estimate of drug-likeness (QED) is 0.159. The molecule has 0 saturated heterocycles. The molecule has 4 rings (SSSR count). The van der Waals surface area contributed by atoms with Crippen LogP contribution < -0.4 is 21.3 Å². The van der Waals surface area contributed by atoms with Crippen molar-refractivity contribution in [2.75, 3.05) is 18.8 Å². The lowest BCUT2D eigenvalue weighted by atomic mass is 9.70. The Morgan fingerprint density at radius 2 is 1.57 bits per heavy atom. The molecule has 1 aliphatic heterocycles. The standard InChI is InChI=1S/C36H57N5O7S/c1-6-21-37-31(44)28(42)26(23-25-15-16-25)38-30(43)27-14-13-22-41(27)32(45)29(35(5)17-9-7-10-18-35)39-33(46)40-36(19-11-8-12-20-36)24-49(47,48)34(2,3)4/h6,13-14,25-27,29H,1,7-12,15-24H2,2-5H3,(H,37,44)(H,38,43)(H2,39,40,46)/t26-,27-,29+/m0/s1. The number of amides is 5. The first-order valence-corrected chi connectivity index (χ1v) is 19.7. The van der Waals surface area contributed by atoms with E-state index >= 15 is 0 Å². The highest BCUT2D eigenvalue weighted by Gasteiger charge is 2.47. The molecule has 0 bridgehead atoms. The van der Waals surface area contributed by atoms with E-state index in [2.05, 4.69) is 27.8 Å². The van der Waals surface area contributed by atoms with Crippen molar-refractivity contribution in [2.45, 2.75) is 140 Å². The minimum Gasteiger partial charge on any atom is -0.346 e. The van der Waals surface area contributed by atoms with E-state index in [1.165, 1.54) is 11.0 Å². The number of urea groups is 1. The SMILES string of the molecule is C=CCNC(=O)C(=O)[C@H](CC1CC1)NC(=O)[C@@H]1C=CCN1C(=O)[C@@H](NC(=O)NC1(CS(=O)(=O)C(C)(C)C)CCCCC1)C1(C)CCCCC1. The summed E-state index contributed by atoms with van der Waals surface area (Å²) < 4.78 is 25.7. The van der Waals surface area contributed by atoms with Crippen LogP contribution >= 0.6 is 0 Å². The van der Waals surface area contributed by atoms with Crippen LogP contribution in [-0.2, 0) is 29.0 Å². The fourth-order valence-electron chi connectivity index (χ4n) is 7.43. The van der Waals surface area contributed by atoms with Gasteiger partial charge in [0.15, 0.2) is 9.84 Å². The molecule has 3 aliphatic carbocycles. The lowest BCUT2D eigenvalue weighted by Crippen LogP contribution is -2.64. The molecular formula is C36H57N5O7S. The van der Waals surface area contributed by atoms with Gasteiger partial charge in [-0.05, 0) is 64.2 Å². The lowest BCUT2D eigenvalue weighted by Gasteiger charge is -2.44. The topological polar surface area (TPSA) is 171 Å². The predicted octanol–water partition coefficient (Wildman–Crippen LogP) is 3.46. The molecule has 1 heterocycles. The van der Waals surface area contributed by atoms with E-state index in [-0.39, 0.29) is 24.8 Å². The third-order valence-electron chi connectivity index (χ3n) is 10.8. The van der Waals surface area contributed by atoms with Crippen LogP contribution in [-0.4, -0.2) is 90.1 Å². The summed E-state index contributed by atoms with van der Waals surface area (Å²) in [4.78, 5) is 69.0. The van der Waals surface area contributed by atoms with Crippen molar-refractivity contribution in [3.05, 3.63) is 24.8 Å². The third kappa shape index (κ3) is 9.73. The number of hydrogen-bond acceptors (Lipinski definition) is 7. The summed E-state index contributed by atoms with van der Waals surface area (Å²) in [6.45, 7) is 10.8. The summed E-state index contributed by atoms with van der Waals surface area (Å²) in [5.74, 6) is -2.47. The van der Waals surface area contributed by atoms with Gasteiger partial charge in [-0.25, -0.2) is 13.2 Å². The van der Waals surface area contributed by atoms with Gasteiger partial charge in [0.2, 0.25) is 17.6 Å². The van der Waals surface area contributed by atoms with Gasteiger partial charge in [0.1, 0.15) is 12.1 Å². The molecule has 4 N–H and O–H groups in total. The molecule has 0 spiro atoms. The molecule has 274 valence electrons. The maximum absolute atomic E-state index is 14.5. The average molecular weight is 704 g/mol.